The van der Waals surface area contributed by atoms with Crippen molar-refractivity contribution in [2.75, 3.05) is 38.4 Å². The number of methoxy groups -OCH3 is 1. The van der Waals surface area contributed by atoms with Gasteiger partial charge in [0.25, 0.3) is 0 Å². The normalized spacial score (nSPS) is 17.3. The van der Waals surface area contributed by atoms with Crippen molar-refractivity contribution in [2.24, 2.45) is 13.0 Å². The number of ether oxygens (including phenoxy) is 3. The molecule has 42 heavy (non-hydrogen) atoms. The Hall–Kier alpha value is -3.92. The summed E-state index contributed by atoms with van der Waals surface area (Å²) in [6.07, 6.45) is 6.88. The number of carbonyl (C=O) groups is 1. The summed E-state index contributed by atoms with van der Waals surface area (Å²) in [6, 6.07) is 8.38. The maximum atomic E-state index is 13.1. The predicted molar refractivity (Wildman–Crippen MR) is 163 cm³/mol. The van der Waals surface area contributed by atoms with E-state index in [-0.39, 0.29) is 18.9 Å². The van der Waals surface area contributed by atoms with Gasteiger partial charge >= 0.3 is 6.09 Å². The van der Waals surface area contributed by atoms with Gasteiger partial charge < -0.3 is 24.0 Å². The number of aryl methyl sites for hydroxylation is 2. The molecule has 10 heteroatoms. The van der Waals surface area contributed by atoms with Gasteiger partial charge in [-0.1, -0.05) is 0 Å². The Balaban J connectivity index is 1.25. The molecule has 1 atom stereocenters. The van der Waals surface area contributed by atoms with Crippen molar-refractivity contribution in [1.82, 2.24) is 24.6 Å². The summed E-state index contributed by atoms with van der Waals surface area (Å²) < 4.78 is 18.8. The number of carbonyl (C=O) groups excluding carboxylic acids is 1. The van der Waals surface area contributed by atoms with Gasteiger partial charge in [0.2, 0.25) is 0 Å². The van der Waals surface area contributed by atoms with E-state index in [9.17, 15) is 4.79 Å². The molecule has 0 unspecified atom stereocenters. The van der Waals surface area contributed by atoms with Gasteiger partial charge in [-0.15, -0.1) is 0 Å². The zero-order chi connectivity index (χ0) is 29.6. The second kappa shape index (κ2) is 11.1. The van der Waals surface area contributed by atoms with E-state index < -0.39 is 5.60 Å². The molecular weight excluding hydrogens is 532 g/mol. The SMILES string of the molecule is COCOc1c(-c2cnc3cc(N4CC[C@@H](N(CC5CC5)C(=O)OC(C)(C)C)C4)ccc3n2)cc2cn(C)nc2c1C. The molecule has 2 aromatic carbocycles. The van der Waals surface area contributed by atoms with E-state index >= 15 is 0 Å². The van der Waals surface area contributed by atoms with Gasteiger partial charge in [-0.2, -0.15) is 5.10 Å². The van der Waals surface area contributed by atoms with Crippen molar-refractivity contribution in [3.05, 3.63) is 42.2 Å². The molecule has 0 N–H and O–H groups in total. The summed E-state index contributed by atoms with van der Waals surface area (Å²) >= 11 is 0. The maximum absolute atomic E-state index is 13.1. The third-order valence-corrected chi connectivity index (χ3v) is 7.97. The van der Waals surface area contributed by atoms with Crippen LogP contribution in [0.4, 0.5) is 10.5 Å². The molecule has 2 fully saturated rings. The first kappa shape index (κ1) is 28.2. The van der Waals surface area contributed by atoms with E-state index in [0.717, 1.165) is 70.5 Å². The van der Waals surface area contributed by atoms with Crippen LogP contribution in [0.2, 0.25) is 0 Å². The topological polar surface area (TPSA) is 94.8 Å². The number of anilines is 1. The fraction of sp³-hybridized carbons (Fsp3) is 0.500. The quantitative estimate of drug-likeness (QED) is 0.248. The Kier molecular flexibility index (Phi) is 7.43. The van der Waals surface area contributed by atoms with Crippen molar-refractivity contribution in [2.45, 2.75) is 58.6 Å². The van der Waals surface area contributed by atoms with Crippen LogP contribution in [0.25, 0.3) is 33.2 Å². The standard InChI is InChI=1S/C32H40N6O4/c1-20-29-22(17-36(5)35-29)13-25(30(20)41-19-40-6)28-15-33-27-14-23(9-10-26(27)34-28)37-12-11-24(18-37)38(16-21-7-8-21)31(39)42-32(2,3)4/h9-10,13-15,17,21,24H,7-8,11-12,16,18-19H2,1-6H3/t24-/m1/s1. The summed E-state index contributed by atoms with van der Waals surface area (Å²) in [7, 11) is 3.51. The molecule has 1 aliphatic carbocycles. The number of amides is 1. The molecule has 1 amide bonds. The van der Waals surface area contributed by atoms with Gasteiger partial charge in [0.1, 0.15) is 11.4 Å². The third-order valence-electron chi connectivity index (χ3n) is 7.97. The van der Waals surface area contributed by atoms with Gasteiger partial charge in [-0.05, 0) is 77.1 Å². The first-order valence-electron chi connectivity index (χ1n) is 14.7. The first-order valence-corrected chi connectivity index (χ1v) is 14.7. The number of hydrogen-bond acceptors (Lipinski definition) is 8. The van der Waals surface area contributed by atoms with Crippen LogP contribution in [0, 0.1) is 12.8 Å². The predicted octanol–water partition coefficient (Wildman–Crippen LogP) is 5.70. The van der Waals surface area contributed by atoms with Crippen molar-refractivity contribution in [3.8, 4) is 17.0 Å². The van der Waals surface area contributed by atoms with Gasteiger partial charge in [0.05, 0.1) is 34.5 Å². The summed E-state index contributed by atoms with van der Waals surface area (Å²) in [6.45, 7) is 10.3. The van der Waals surface area contributed by atoms with Crippen molar-refractivity contribution in [1.29, 1.82) is 0 Å². The zero-order valence-corrected chi connectivity index (χ0v) is 25.4. The van der Waals surface area contributed by atoms with Crippen molar-refractivity contribution in [3.63, 3.8) is 0 Å². The second-order valence-electron chi connectivity index (χ2n) is 12.6. The van der Waals surface area contributed by atoms with Crippen LogP contribution in [-0.2, 0) is 16.5 Å². The van der Waals surface area contributed by atoms with Crippen LogP contribution in [0.1, 0.15) is 45.6 Å². The fourth-order valence-corrected chi connectivity index (χ4v) is 5.76. The number of fused-ring (bicyclic) bond motifs is 2. The van der Waals surface area contributed by atoms with E-state index in [4.69, 9.17) is 24.2 Å². The molecule has 3 heterocycles. The number of hydrogen-bond donors (Lipinski definition) is 0. The van der Waals surface area contributed by atoms with E-state index in [2.05, 4.69) is 22.1 Å². The Morgan fingerprint density at radius 3 is 2.69 bits per heavy atom. The highest BCUT2D eigenvalue weighted by Crippen LogP contribution is 2.38. The van der Waals surface area contributed by atoms with E-state index in [1.54, 1.807) is 18.0 Å². The Morgan fingerprint density at radius 2 is 1.95 bits per heavy atom. The Labute approximate surface area is 246 Å². The highest BCUT2D eigenvalue weighted by molar-refractivity contribution is 5.91. The zero-order valence-electron chi connectivity index (χ0n) is 25.4. The lowest BCUT2D eigenvalue weighted by Crippen LogP contribution is -2.45. The molecule has 1 saturated carbocycles. The largest absolute Gasteiger partial charge is 0.466 e. The summed E-state index contributed by atoms with van der Waals surface area (Å²) in [5.74, 6) is 1.29. The lowest BCUT2D eigenvalue weighted by atomic mass is 10.0. The third kappa shape index (κ3) is 5.86. The van der Waals surface area contributed by atoms with E-state index in [0.29, 0.717) is 11.7 Å². The molecule has 0 bridgehead atoms. The number of rotatable bonds is 8. The van der Waals surface area contributed by atoms with Crippen LogP contribution >= 0.6 is 0 Å². The minimum atomic E-state index is -0.508. The van der Waals surface area contributed by atoms with Gasteiger partial charge in [0.15, 0.2) is 6.79 Å². The highest BCUT2D eigenvalue weighted by Gasteiger charge is 2.37. The van der Waals surface area contributed by atoms with Gasteiger partial charge in [-0.25, -0.2) is 9.78 Å². The highest BCUT2D eigenvalue weighted by atomic mass is 16.7. The Bertz CT molecular complexity index is 1620. The minimum Gasteiger partial charge on any atom is -0.466 e. The Morgan fingerprint density at radius 1 is 1.14 bits per heavy atom. The van der Waals surface area contributed by atoms with Crippen molar-refractivity contribution >= 4 is 33.7 Å². The van der Waals surface area contributed by atoms with Crippen LogP contribution in [0.15, 0.2) is 36.7 Å². The monoisotopic (exact) mass is 572 g/mol. The molecule has 4 aromatic rings. The summed E-state index contributed by atoms with van der Waals surface area (Å²) in [5, 5.41) is 5.61. The van der Waals surface area contributed by atoms with E-state index in [1.807, 2.05) is 58.0 Å². The smallest absolute Gasteiger partial charge is 0.410 e. The molecule has 10 nitrogen and oxygen atoms in total. The molecule has 6 rings (SSSR count). The maximum Gasteiger partial charge on any atom is 0.410 e. The van der Waals surface area contributed by atoms with Crippen LogP contribution in [0.5, 0.6) is 5.75 Å². The van der Waals surface area contributed by atoms with Crippen LogP contribution in [-0.4, -0.2) is 75.9 Å². The van der Waals surface area contributed by atoms with Gasteiger partial charge in [0, 0.05) is 62.2 Å². The lowest BCUT2D eigenvalue weighted by molar-refractivity contribution is 0.0167. The fourth-order valence-electron chi connectivity index (χ4n) is 5.76. The summed E-state index contributed by atoms with van der Waals surface area (Å²) in [5.41, 5.74) is 5.59. The van der Waals surface area contributed by atoms with Crippen LogP contribution in [0.3, 0.4) is 0 Å². The molecule has 222 valence electrons. The first-order chi connectivity index (χ1) is 20.1. The molecule has 2 aromatic heterocycles. The lowest BCUT2D eigenvalue weighted by Gasteiger charge is -2.32. The average Bonchev–Trinajstić information content (AvgIpc) is 3.49. The molecule has 0 radical (unpaired) electrons. The second-order valence-corrected chi connectivity index (χ2v) is 12.6. The number of aromatic nitrogens is 4. The number of benzene rings is 2. The van der Waals surface area contributed by atoms with E-state index in [1.165, 1.54) is 12.8 Å². The average molecular weight is 573 g/mol. The molecule has 0 spiro atoms. The summed E-state index contributed by atoms with van der Waals surface area (Å²) in [4.78, 5) is 27.2. The van der Waals surface area contributed by atoms with Gasteiger partial charge in [-0.3, -0.25) is 9.67 Å². The minimum absolute atomic E-state index is 0.124. The van der Waals surface area contributed by atoms with Crippen LogP contribution < -0.4 is 9.64 Å². The molecule has 1 saturated heterocycles. The molecule has 2 aliphatic rings. The van der Waals surface area contributed by atoms with Crippen molar-refractivity contribution < 1.29 is 19.0 Å². The molecule has 1 aliphatic heterocycles. The number of nitrogens with zero attached hydrogens (tertiary/aromatic N) is 6. The molecular formula is C32H40N6O4.